The first-order valence-electron chi connectivity index (χ1n) is 14.7. The molecule has 0 N–H and O–H groups in total. The van der Waals surface area contributed by atoms with E-state index in [9.17, 15) is 14.7 Å². The van der Waals surface area contributed by atoms with Crippen LogP contribution in [0.4, 0.5) is 0 Å². The molecule has 0 radical (unpaired) electrons. The van der Waals surface area contributed by atoms with E-state index in [1.165, 1.54) is 89.9 Å². The van der Waals surface area contributed by atoms with Gasteiger partial charge in [-0.25, -0.2) is 4.79 Å². The van der Waals surface area contributed by atoms with E-state index < -0.39 is 11.9 Å². The number of benzene rings is 1. The fourth-order valence-electron chi connectivity index (χ4n) is 4.15. The monoisotopic (exact) mass is 545 g/mol. The normalized spacial score (nSPS) is 10.4. The van der Waals surface area contributed by atoms with Crippen LogP contribution in [0.5, 0.6) is 0 Å². The van der Waals surface area contributed by atoms with Gasteiger partial charge in [-0.1, -0.05) is 140 Å². The molecule has 0 atom stereocenters. The summed E-state index contributed by atoms with van der Waals surface area (Å²) in [5.41, 5.74) is 2.19. The van der Waals surface area contributed by atoms with E-state index in [-0.39, 0.29) is 29.6 Å². The third-order valence-electron chi connectivity index (χ3n) is 6.33. The number of pyridine rings is 1. The van der Waals surface area contributed by atoms with Gasteiger partial charge in [0.15, 0.2) is 0 Å². The SMILES string of the molecule is CCCCCCCCCCCCCCCCCCOC(=O)/C=C/C(=O)[O-].[Na+].c1ccc(-c2ccccn2)cc1. The van der Waals surface area contributed by atoms with Crippen LogP contribution in [0.25, 0.3) is 11.3 Å². The van der Waals surface area contributed by atoms with Gasteiger partial charge in [-0.15, -0.1) is 0 Å². The van der Waals surface area contributed by atoms with Gasteiger partial charge < -0.3 is 14.6 Å². The third kappa shape index (κ3) is 23.6. The molecule has 0 bridgehead atoms. The van der Waals surface area contributed by atoms with Crippen LogP contribution in [-0.2, 0) is 14.3 Å². The van der Waals surface area contributed by atoms with Crippen molar-refractivity contribution >= 4 is 11.9 Å². The van der Waals surface area contributed by atoms with Gasteiger partial charge >= 0.3 is 35.5 Å². The van der Waals surface area contributed by atoms with Gasteiger partial charge in [0.25, 0.3) is 0 Å². The van der Waals surface area contributed by atoms with Gasteiger partial charge in [-0.2, -0.15) is 0 Å². The summed E-state index contributed by atoms with van der Waals surface area (Å²) in [7, 11) is 0. The minimum absolute atomic E-state index is 0. The summed E-state index contributed by atoms with van der Waals surface area (Å²) in [5, 5.41) is 10.1. The summed E-state index contributed by atoms with van der Waals surface area (Å²) >= 11 is 0. The van der Waals surface area contributed by atoms with Crippen molar-refractivity contribution in [2.75, 3.05) is 6.61 Å². The first-order chi connectivity index (χ1) is 18.6. The summed E-state index contributed by atoms with van der Waals surface area (Å²) in [6.45, 7) is 2.62. The number of aliphatic carboxylic acids is 1. The number of hydrogen-bond donors (Lipinski definition) is 0. The van der Waals surface area contributed by atoms with E-state index in [4.69, 9.17) is 4.74 Å². The molecule has 0 saturated heterocycles. The van der Waals surface area contributed by atoms with Crippen LogP contribution in [0, 0.1) is 0 Å². The zero-order valence-corrected chi connectivity index (χ0v) is 26.5. The minimum atomic E-state index is -1.38. The Morgan fingerprint density at radius 3 is 1.64 bits per heavy atom. The zero-order chi connectivity index (χ0) is 27.5. The molecule has 210 valence electrons. The number of hydrogen-bond acceptors (Lipinski definition) is 5. The maximum absolute atomic E-state index is 11.1. The number of carbonyl (C=O) groups is 2. The van der Waals surface area contributed by atoms with Gasteiger partial charge in [-0.3, -0.25) is 4.98 Å². The molecule has 0 aliphatic carbocycles. The van der Waals surface area contributed by atoms with E-state index in [1.54, 1.807) is 0 Å². The fourth-order valence-corrected chi connectivity index (χ4v) is 4.15. The largest absolute Gasteiger partial charge is 1.00 e. The average Bonchev–Trinajstić information content (AvgIpc) is 2.95. The van der Waals surface area contributed by atoms with Crippen molar-refractivity contribution in [3.8, 4) is 11.3 Å². The van der Waals surface area contributed by atoms with Crippen LogP contribution in [0.15, 0.2) is 66.9 Å². The first-order valence-corrected chi connectivity index (χ1v) is 14.7. The number of ether oxygens (including phenoxy) is 1. The van der Waals surface area contributed by atoms with E-state index in [0.29, 0.717) is 12.7 Å². The molecule has 5 nitrogen and oxygen atoms in total. The van der Waals surface area contributed by atoms with Crippen molar-refractivity contribution in [3.05, 3.63) is 66.9 Å². The molecule has 1 aromatic heterocycles. The Kier molecular flexibility index (Phi) is 26.2. The van der Waals surface area contributed by atoms with Crippen LogP contribution in [0.2, 0.25) is 0 Å². The molecule has 0 spiro atoms. The van der Waals surface area contributed by atoms with Gasteiger partial charge in [0.05, 0.1) is 18.3 Å². The molecular formula is C33H48NNaO4. The van der Waals surface area contributed by atoms with Crippen molar-refractivity contribution in [2.24, 2.45) is 0 Å². The van der Waals surface area contributed by atoms with Crippen molar-refractivity contribution in [2.45, 2.75) is 110 Å². The van der Waals surface area contributed by atoms with Crippen LogP contribution >= 0.6 is 0 Å². The summed E-state index contributed by atoms with van der Waals surface area (Å²) < 4.78 is 4.89. The summed E-state index contributed by atoms with van der Waals surface area (Å²) in [5.74, 6) is -2.00. The van der Waals surface area contributed by atoms with Crippen LogP contribution in [-0.4, -0.2) is 23.5 Å². The number of aromatic nitrogens is 1. The van der Waals surface area contributed by atoms with Gasteiger partial charge in [0, 0.05) is 17.8 Å². The van der Waals surface area contributed by atoms with Gasteiger partial charge in [0.2, 0.25) is 0 Å². The topological polar surface area (TPSA) is 79.3 Å². The number of nitrogens with zero attached hydrogens (tertiary/aromatic N) is 1. The number of esters is 1. The Bertz CT molecular complexity index is 821. The summed E-state index contributed by atoms with van der Waals surface area (Å²) in [6, 6.07) is 16.1. The number of unbranched alkanes of at least 4 members (excludes halogenated alkanes) is 15. The summed E-state index contributed by atoms with van der Waals surface area (Å²) in [4.78, 5) is 25.5. The van der Waals surface area contributed by atoms with Crippen LogP contribution < -0.4 is 34.7 Å². The Morgan fingerprint density at radius 2 is 1.18 bits per heavy atom. The van der Waals surface area contributed by atoms with Gasteiger partial charge in [0.1, 0.15) is 0 Å². The maximum Gasteiger partial charge on any atom is 1.00 e. The second kappa shape index (κ2) is 27.6. The molecule has 0 saturated carbocycles. The van der Waals surface area contributed by atoms with Crippen LogP contribution in [0.3, 0.4) is 0 Å². The average molecular weight is 546 g/mol. The number of rotatable bonds is 20. The molecule has 1 heterocycles. The molecule has 39 heavy (non-hydrogen) atoms. The summed E-state index contributed by atoms with van der Waals surface area (Å²) in [6.07, 6.45) is 24.3. The Balaban J connectivity index is 0.000000914. The molecule has 6 heteroatoms. The Morgan fingerprint density at radius 1 is 0.692 bits per heavy atom. The molecule has 0 amide bonds. The van der Waals surface area contributed by atoms with E-state index in [2.05, 4.69) is 24.0 Å². The molecule has 2 aromatic rings. The van der Waals surface area contributed by atoms with Crippen LogP contribution in [0.1, 0.15) is 110 Å². The minimum Gasteiger partial charge on any atom is -0.545 e. The molecular weight excluding hydrogens is 497 g/mol. The number of carboxylic acid groups (broad SMARTS) is 1. The molecule has 0 aliphatic rings. The van der Waals surface area contributed by atoms with E-state index in [1.807, 2.05) is 42.6 Å². The fraction of sp³-hybridized carbons (Fsp3) is 0.545. The maximum atomic E-state index is 11.1. The van der Waals surface area contributed by atoms with Crippen molar-refractivity contribution in [1.29, 1.82) is 0 Å². The Hall–Kier alpha value is -1.95. The second-order valence-corrected chi connectivity index (χ2v) is 9.70. The van der Waals surface area contributed by atoms with E-state index in [0.717, 1.165) is 30.2 Å². The molecule has 1 aromatic carbocycles. The van der Waals surface area contributed by atoms with Crippen molar-refractivity contribution in [3.63, 3.8) is 0 Å². The molecule has 0 unspecified atom stereocenters. The zero-order valence-electron chi connectivity index (χ0n) is 24.5. The standard InChI is InChI=1S/C22H40O4.C11H9N.Na/c1-2-3-4-5-6-7-8-9-10-11-12-13-14-15-16-17-20-26-22(25)19-18-21(23)24;1-2-6-10(7-3-1)11-8-4-5-9-12-11;/h18-19H,2-17,20H2,1H3,(H,23,24);1-9H;/q;;+1/p-1/b19-18+;;. The smallest absolute Gasteiger partial charge is 0.545 e. The first kappa shape index (κ1) is 37.0. The predicted molar refractivity (Wildman–Crippen MR) is 154 cm³/mol. The second-order valence-electron chi connectivity index (χ2n) is 9.70. The quantitative estimate of drug-likeness (QED) is 0.103. The van der Waals surface area contributed by atoms with Crippen molar-refractivity contribution in [1.82, 2.24) is 4.98 Å². The number of carbonyl (C=O) groups excluding carboxylic acids is 2. The molecule has 0 aliphatic heterocycles. The van der Waals surface area contributed by atoms with Gasteiger partial charge in [-0.05, 0) is 24.6 Å². The molecule has 0 fully saturated rings. The molecule has 2 rings (SSSR count). The number of carboxylic acids is 1. The third-order valence-corrected chi connectivity index (χ3v) is 6.33. The predicted octanol–water partition coefficient (Wildman–Crippen LogP) is 4.85. The van der Waals surface area contributed by atoms with Crippen molar-refractivity contribution < 1.29 is 49.0 Å². The Labute approximate surface area is 259 Å². The van der Waals surface area contributed by atoms with E-state index >= 15 is 0 Å².